The number of aromatic nitrogens is 3. The zero-order valence-electron chi connectivity index (χ0n) is 17.1. The van der Waals surface area contributed by atoms with Crippen LogP contribution in [0.5, 0.6) is 0 Å². The number of imide groups is 1. The summed E-state index contributed by atoms with van der Waals surface area (Å²) < 4.78 is 1.92. The smallest absolute Gasteiger partial charge is 0.322 e. The molecule has 3 N–H and O–H groups in total. The lowest BCUT2D eigenvalue weighted by Crippen LogP contribution is -2.55. The van der Waals surface area contributed by atoms with Crippen molar-refractivity contribution in [2.45, 2.75) is 38.8 Å². The quantitative estimate of drug-likeness (QED) is 0.174. The van der Waals surface area contributed by atoms with Crippen LogP contribution in [0.25, 0.3) is 0 Å². The number of piperidine rings is 1. The Labute approximate surface area is 187 Å². The number of hydrogen-bond acceptors (Lipinski definition) is 5. The molecule has 11 heteroatoms. The first-order valence-corrected chi connectivity index (χ1v) is 9.47. The Morgan fingerprint density at radius 1 is 1.38 bits per heavy atom. The van der Waals surface area contributed by atoms with E-state index in [1.165, 1.54) is 0 Å². The number of amides is 3. The number of rotatable bonds is 5. The van der Waals surface area contributed by atoms with Crippen LogP contribution in [0.2, 0.25) is 0 Å². The third-order valence-electron chi connectivity index (χ3n) is 5.64. The van der Waals surface area contributed by atoms with E-state index in [0.29, 0.717) is 13.1 Å². The highest BCUT2D eigenvalue weighted by atomic mass is 127. The predicted octanol–water partition coefficient (Wildman–Crippen LogP) is 0.683. The van der Waals surface area contributed by atoms with Crippen molar-refractivity contribution in [1.29, 1.82) is 0 Å². The van der Waals surface area contributed by atoms with E-state index >= 15 is 0 Å². The Hall–Kier alpha value is -2.18. The molecule has 160 valence electrons. The van der Waals surface area contributed by atoms with E-state index in [9.17, 15) is 9.59 Å². The van der Waals surface area contributed by atoms with Crippen LogP contribution in [0.4, 0.5) is 4.79 Å². The van der Waals surface area contributed by atoms with E-state index in [4.69, 9.17) is 4.99 Å². The molecule has 3 heterocycles. The van der Waals surface area contributed by atoms with Gasteiger partial charge in [0.2, 0.25) is 0 Å². The highest BCUT2D eigenvalue weighted by Crippen LogP contribution is 2.30. The Morgan fingerprint density at radius 3 is 2.59 bits per heavy atom. The number of urea groups is 1. The van der Waals surface area contributed by atoms with Gasteiger partial charge in [-0.05, 0) is 32.6 Å². The van der Waals surface area contributed by atoms with Crippen molar-refractivity contribution < 1.29 is 9.59 Å². The van der Waals surface area contributed by atoms with Crippen LogP contribution in [-0.4, -0.2) is 62.7 Å². The summed E-state index contributed by atoms with van der Waals surface area (Å²) in [5, 5.41) is 16.7. The minimum atomic E-state index is -0.842. The van der Waals surface area contributed by atoms with E-state index in [1.54, 1.807) is 13.0 Å². The van der Waals surface area contributed by atoms with Crippen LogP contribution in [0.1, 0.15) is 31.4 Å². The topological polar surface area (TPSA) is 117 Å². The van der Waals surface area contributed by atoms with Crippen LogP contribution in [0, 0.1) is 12.8 Å². The van der Waals surface area contributed by atoms with Crippen molar-refractivity contribution >= 4 is 41.9 Å². The molecule has 0 saturated carbocycles. The summed E-state index contributed by atoms with van der Waals surface area (Å²) in [4.78, 5) is 30.6. The molecule has 1 atom stereocenters. The molecule has 1 aromatic rings. The van der Waals surface area contributed by atoms with Crippen molar-refractivity contribution in [3.63, 3.8) is 0 Å². The minimum Gasteiger partial charge on any atom is -0.353 e. The monoisotopic (exact) mass is 516 g/mol. The lowest BCUT2D eigenvalue weighted by molar-refractivity contribution is -0.125. The summed E-state index contributed by atoms with van der Waals surface area (Å²) in [5.74, 6) is 2.26. The van der Waals surface area contributed by atoms with Gasteiger partial charge >= 0.3 is 6.03 Å². The zero-order chi connectivity index (χ0) is 20.3. The Morgan fingerprint density at radius 2 is 2.07 bits per heavy atom. The van der Waals surface area contributed by atoms with E-state index < -0.39 is 11.6 Å². The molecule has 0 aliphatic carbocycles. The minimum absolute atomic E-state index is 0. The molecule has 0 spiro atoms. The Kier molecular flexibility index (Phi) is 7.60. The molecule has 2 fully saturated rings. The average molecular weight is 516 g/mol. The van der Waals surface area contributed by atoms with Gasteiger partial charge in [0.1, 0.15) is 17.9 Å². The number of nitrogens with one attached hydrogen (secondary N) is 3. The molecule has 10 nitrogen and oxygen atoms in total. The lowest BCUT2D eigenvalue weighted by Gasteiger charge is -2.39. The third kappa shape index (κ3) is 4.87. The maximum Gasteiger partial charge on any atom is 0.322 e. The fourth-order valence-corrected chi connectivity index (χ4v) is 3.68. The summed E-state index contributed by atoms with van der Waals surface area (Å²) in [6.45, 7) is 9.97. The van der Waals surface area contributed by atoms with Crippen LogP contribution >= 0.6 is 24.0 Å². The van der Waals surface area contributed by atoms with Crippen molar-refractivity contribution in [3.05, 3.63) is 24.3 Å². The van der Waals surface area contributed by atoms with Gasteiger partial charge in [-0.25, -0.2) is 9.79 Å². The second-order valence-electron chi connectivity index (χ2n) is 7.40. The molecule has 1 aromatic heterocycles. The number of aryl methyl sites for hydroxylation is 1. The molecule has 1 unspecified atom stereocenters. The van der Waals surface area contributed by atoms with Crippen molar-refractivity contribution in [3.8, 4) is 0 Å². The normalized spacial score (nSPS) is 22.7. The Bertz CT molecular complexity index is 800. The highest BCUT2D eigenvalue weighted by molar-refractivity contribution is 14.0. The van der Waals surface area contributed by atoms with Gasteiger partial charge in [-0.15, -0.1) is 40.8 Å². The molecule has 0 aromatic carbocycles. The van der Waals surface area contributed by atoms with Gasteiger partial charge in [0.15, 0.2) is 11.8 Å². The molecule has 0 radical (unpaired) electrons. The molecule has 3 rings (SSSR count). The molecule has 2 saturated heterocycles. The molecule has 29 heavy (non-hydrogen) atoms. The van der Waals surface area contributed by atoms with Gasteiger partial charge in [-0.1, -0.05) is 6.08 Å². The SMILES string of the molecule is C=CCNC(=NCc1nnc(C)n1C)N1CCC(C2(C)NC(=O)NC2=O)CC1.I. The number of carbonyl (C=O) groups excluding carboxylic acids is 2. The number of nitrogens with zero attached hydrogens (tertiary/aromatic N) is 5. The summed E-state index contributed by atoms with van der Waals surface area (Å²) in [6.07, 6.45) is 3.35. The first-order valence-electron chi connectivity index (χ1n) is 9.47. The number of hydrogen-bond donors (Lipinski definition) is 3. The van der Waals surface area contributed by atoms with E-state index in [2.05, 4.69) is 37.6 Å². The van der Waals surface area contributed by atoms with Crippen LogP contribution in [0.3, 0.4) is 0 Å². The zero-order valence-corrected chi connectivity index (χ0v) is 19.4. The van der Waals surface area contributed by atoms with Gasteiger partial charge in [0, 0.05) is 26.7 Å². The molecule has 0 bridgehead atoms. The van der Waals surface area contributed by atoms with Gasteiger partial charge in [-0.3, -0.25) is 10.1 Å². The fraction of sp³-hybridized carbons (Fsp3) is 0.611. The number of likely N-dealkylation sites (tertiary alicyclic amines) is 1. The second-order valence-corrected chi connectivity index (χ2v) is 7.40. The standard InChI is InChI=1S/C18H28N8O2.HI/c1-5-8-19-16(20-11-14-24-23-12(2)25(14)4)26-9-6-13(7-10-26)18(3)15(27)21-17(28)22-18;/h5,13H,1,6-11H2,2-4H3,(H,19,20)(H2,21,22,27,28);1H. The van der Waals surface area contributed by atoms with Crippen molar-refractivity contribution in [1.82, 2.24) is 35.6 Å². The third-order valence-corrected chi connectivity index (χ3v) is 5.64. The second kappa shape index (κ2) is 9.55. The molecule has 2 aliphatic rings. The number of halogens is 1. The predicted molar refractivity (Wildman–Crippen MR) is 120 cm³/mol. The summed E-state index contributed by atoms with van der Waals surface area (Å²) in [5.41, 5.74) is -0.842. The van der Waals surface area contributed by atoms with E-state index in [-0.39, 0.29) is 35.8 Å². The number of carbonyl (C=O) groups is 2. The molecule has 3 amide bonds. The molecule has 2 aliphatic heterocycles. The summed E-state index contributed by atoms with van der Waals surface area (Å²) in [6, 6.07) is -0.413. The van der Waals surface area contributed by atoms with Crippen LogP contribution in [0.15, 0.2) is 17.6 Å². The largest absolute Gasteiger partial charge is 0.353 e. The maximum absolute atomic E-state index is 12.2. The van der Waals surface area contributed by atoms with Gasteiger partial charge in [-0.2, -0.15) is 0 Å². The van der Waals surface area contributed by atoms with Crippen molar-refractivity contribution in [2.75, 3.05) is 19.6 Å². The molecular formula is C18H29IN8O2. The van der Waals surface area contributed by atoms with E-state index in [1.807, 2.05) is 18.5 Å². The first kappa shape index (κ1) is 23.1. The average Bonchev–Trinajstić information content (AvgIpc) is 3.14. The van der Waals surface area contributed by atoms with Crippen LogP contribution in [-0.2, 0) is 18.4 Å². The highest BCUT2D eigenvalue weighted by Gasteiger charge is 2.48. The van der Waals surface area contributed by atoms with Gasteiger partial charge in [0.25, 0.3) is 5.91 Å². The van der Waals surface area contributed by atoms with Gasteiger partial charge in [0.05, 0.1) is 0 Å². The van der Waals surface area contributed by atoms with Crippen molar-refractivity contribution in [2.24, 2.45) is 18.0 Å². The van der Waals surface area contributed by atoms with Gasteiger partial charge < -0.3 is 20.1 Å². The summed E-state index contributed by atoms with van der Waals surface area (Å²) in [7, 11) is 1.92. The number of guanidine groups is 1. The lowest BCUT2D eigenvalue weighted by atomic mass is 9.79. The fourth-order valence-electron chi connectivity index (χ4n) is 3.68. The molecular weight excluding hydrogens is 487 g/mol. The first-order chi connectivity index (χ1) is 13.3. The summed E-state index contributed by atoms with van der Waals surface area (Å²) >= 11 is 0. The van der Waals surface area contributed by atoms with E-state index in [0.717, 1.165) is 43.5 Å². The Balaban J connectivity index is 0.00000300. The van der Waals surface area contributed by atoms with Crippen LogP contribution < -0.4 is 16.0 Å². The number of aliphatic imine (C=N–C) groups is 1. The maximum atomic E-state index is 12.2.